The topological polar surface area (TPSA) is 14.2 Å². The summed E-state index contributed by atoms with van der Waals surface area (Å²) in [5.74, 6) is 2.06. The van der Waals surface area contributed by atoms with Gasteiger partial charge in [-0.15, -0.1) is 0 Å². The number of fused-ring (bicyclic) bond motifs is 1. The van der Waals surface area contributed by atoms with Crippen LogP contribution in [0.15, 0.2) is 48.7 Å². The highest BCUT2D eigenvalue weighted by atomic mass is 19.1. The lowest BCUT2D eigenvalue weighted by Crippen LogP contribution is -2.42. The Morgan fingerprint density at radius 1 is 0.968 bits per heavy atom. The van der Waals surface area contributed by atoms with Crippen molar-refractivity contribution in [2.45, 2.75) is 71.6 Å². The number of rotatable bonds is 5. The van der Waals surface area contributed by atoms with E-state index in [2.05, 4.69) is 62.7 Å². The summed E-state index contributed by atoms with van der Waals surface area (Å²) >= 11 is 0. The molecule has 164 valence electrons. The number of hydrogen-bond acceptors (Lipinski definition) is 1. The van der Waals surface area contributed by atoms with Crippen molar-refractivity contribution in [2.75, 3.05) is 0 Å². The maximum Gasteiger partial charge on any atom is 0.137 e. The third kappa shape index (κ3) is 3.71. The third-order valence-electron chi connectivity index (χ3n) is 7.99. The average molecular weight is 420 g/mol. The van der Waals surface area contributed by atoms with E-state index in [4.69, 9.17) is 4.74 Å². The molecule has 0 N–H and O–H groups in total. The molecular weight excluding hydrogens is 385 g/mol. The molecule has 1 saturated carbocycles. The van der Waals surface area contributed by atoms with Crippen LogP contribution in [-0.4, -0.2) is 10.7 Å². The van der Waals surface area contributed by atoms with Crippen molar-refractivity contribution in [3.63, 3.8) is 0 Å². The van der Waals surface area contributed by atoms with Gasteiger partial charge >= 0.3 is 0 Å². The van der Waals surface area contributed by atoms with Gasteiger partial charge in [-0.05, 0) is 72.3 Å². The van der Waals surface area contributed by atoms with Crippen LogP contribution in [0.25, 0.3) is 10.9 Å². The average Bonchev–Trinajstić information content (AvgIpc) is 3.56. The number of halogens is 1. The third-order valence-corrected chi connectivity index (χ3v) is 7.99. The van der Waals surface area contributed by atoms with E-state index in [0.717, 1.165) is 35.2 Å². The van der Waals surface area contributed by atoms with Crippen LogP contribution in [0.5, 0.6) is 0 Å². The molecule has 2 nitrogen and oxygen atoms in total. The van der Waals surface area contributed by atoms with Crippen LogP contribution < -0.4 is 0 Å². The first-order valence-corrected chi connectivity index (χ1v) is 12.0. The molecule has 0 spiro atoms. The highest BCUT2D eigenvalue weighted by molar-refractivity contribution is 5.85. The Morgan fingerprint density at radius 2 is 1.71 bits per heavy atom. The summed E-state index contributed by atoms with van der Waals surface area (Å²) in [6.45, 7) is 9.11. The van der Waals surface area contributed by atoms with Crippen molar-refractivity contribution in [3.05, 3.63) is 71.2 Å². The summed E-state index contributed by atoms with van der Waals surface area (Å²) in [6.07, 6.45) is 6.69. The molecule has 3 heteroatoms. The smallest absolute Gasteiger partial charge is 0.137 e. The summed E-state index contributed by atoms with van der Waals surface area (Å²) in [5.41, 5.74) is 4.66. The molecule has 1 unspecified atom stereocenters. The van der Waals surface area contributed by atoms with Gasteiger partial charge < -0.3 is 9.30 Å². The number of hydrogen-bond donors (Lipinski definition) is 0. The highest BCUT2D eigenvalue weighted by Crippen LogP contribution is 2.43. The quantitative estimate of drug-likeness (QED) is 0.418. The molecule has 2 heterocycles. The maximum absolute atomic E-state index is 15.0. The van der Waals surface area contributed by atoms with E-state index < -0.39 is 0 Å². The first-order chi connectivity index (χ1) is 15.0. The summed E-state index contributed by atoms with van der Waals surface area (Å²) in [5, 5.41) is 0.740. The van der Waals surface area contributed by atoms with Crippen molar-refractivity contribution in [2.24, 2.45) is 17.8 Å². The van der Waals surface area contributed by atoms with Crippen molar-refractivity contribution >= 4 is 10.9 Å². The molecule has 31 heavy (non-hydrogen) atoms. The molecule has 3 aromatic rings. The van der Waals surface area contributed by atoms with E-state index in [1.54, 1.807) is 6.07 Å². The van der Waals surface area contributed by atoms with Gasteiger partial charge in [-0.2, -0.15) is 0 Å². The second-order valence-electron chi connectivity index (χ2n) is 9.94. The van der Waals surface area contributed by atoms with Crippen LogP contribution in [0.4, 0.5) is 4.39 Å². The molecule has 0 radical (unpaired) electrons. The second-order valence-corrected chi connectivity index (χ2v) is 9.94. The van der Waals surface area contributed by atoms with Gasteiger partial charge in [-0.1, -0.05) is 58.0 Å². The van der Waals surface area contributed by atoms with Crippen molar-refractivity contribution < 1.29 is 9.13 Å². The fourth-order valence-corrected chi connectivity index (χ4v) is 5.53. The van der Waals surface area contributed by atoms with Crippen molar-refractivity contribution in [1.29, 1.82) is 0 Å². The van der Waals surface area contributed by atoms with Crippen LogP contribution in [0, 0.1) is 23.6 Å². The summed E-state index contributed by atoms with van der Waals surface area (Å²) in [6, 6.07) is 14.4. The zero-order chi connectivity index (χ0) is 21.7. The van der Waals surface area contributed by atoms with Gasteiger partial charge in [0.1, 0.15) is 12.0 Å². The van der Waals surface area contributed by atoms with Crippen molar-refractivity contribution in [1.82, 2.24) is 4.57 Å². The summed E-state index contributed by atoms with van der Waals surface area (Å²) in [4.78, 5) is 0. The Balaban J connectivity index is 1.53. The van der Waals surface area contributed by atoms with Gasteiger partial charge in [0, 0.05) is 17.5 Å². The van der Waals surface area contributed by atoms with Crippen LogP contribution in [0.3, 0.4) is 0 Å². The summed E-state index contributed by atoms with van der Waals surface area (Å²) in [7, 11) is 0. The van der Waals surface area contributed by atoms with Gasteiger partial charge in [0.2, 0.25) is 0 Å². The predicted octanol–water partition coefficient (Wildman–Crippen LogP) is 7.46. The lowest BCUT2D eigenvalue weighted by molar-refractivity contribution is -0.166. The van der Waals surface area contributed by atoms with Crippen LogP contribution in [0.1, 0.15) is 75.8 Å². The van der Waals surface area contributed by atoms with Crippen LogP contribution in [0.2, 0.25) is 0 Å². The van der Waals surface area contributed by atoms with Gasteiger partial charge in [0.15, 0.2) is 0 Å². The number of aromatic nitrogens is 1. The fraction of sp³-hybridized carbons (Fsp3) is 0.500. The molecule has 5 atom stereocenters. The fourth-order valence-electron chi connectivity index (χ4n) is 5.53. The Morgan fingerprint density at radius 3 is 2.39 bits per heavy atom. The minimum Gasteiger partial charge on any atom is -0.354 e. The minimum atomic E-state index is -0.141. The van der Waals surface area contributed by atoms with E-state index in [-0.39, 0.29) is 18.1 Å². The SMILES string of the molecule is CC[C@H]1OC(n2cc(Cc3ccc(C4CC4)cc3)c3c(F)cccc32)[C@H](C)[C@@H](C)[C@@H]1C. The van der Waals surface area contributed by atoms with Crippen molar-refractivity contribution in [3.8, 4) is 0 Å². The van der Waals surface area contributed by atoms with Gasteiger partial charge in [0.25, 0.3) is 0 Å². The van der Waals surface area contributed by atoms with Gasteiger partial charge in [-0.25, -0.2) is 4.39 Å². The first kappa shape index (κ1) is 20.8. The predicted molar refractivity (Wildman–Crippen MR) is 125 cm³/mol. The van der Waals surface area contributed by atoms with Gasteiger partial charge in [0.05, 0.1) is 11.6 Å². The van der Waals surface area contributed by atoms with E-state index in [9.17, 15) is 0 Å². The molecule has 0 amide bonds. The van der Waals surface area contributed by atoms with E-state index in [0.29, 0.717) is 17.8 Å². The normalized spacial score (nSPS) is 28.9. The van der Waals surface area contributed by atoms with Crippen LogP contribution in [-0.2, 0) is 11.2 Å². The Labute approximate surface area is 185 Å². The highest BCUT2D eigenvalue weighted by Gasteiger charge is 2.39. The van der Waals surface area contributed by atoms with E-state index >= 15 is 4.39 Å². The molecule has 1 saturated heterocycles. The van der Waals surface area contributed by atoms with Crippen LogP contribution >= 0.6 is 0 Å². The molecule has 5 rings (SSSR count). The molecule has 0 bridgehead atoms. The first-order valence-electron chi connectivity index (χ1n) is 12.0. The zero-order valence-electron chi connectivity index (χ0n) is 19.1. The number of nitrogens with zero attached hydrogens (tertiary/aromatic N) is 1. The molecule has 1 aliphatic heterocycles. The zero-order valence-corrected chi connectivity index (χ0v) is 19.1. The number of benzene rings is 2. The largest absolute Gasteiger partial charge is 0.354 e. The standard InChI is InChI=1S/C28H34FNO/c1-5-26-18(3)17(2)19(4)28(31-26)30-16-23(27-24(29)7-6-8-25(27)30)15-20-9-11-21(12-10-20)22-13-14-22/h6-12,16-19,22,26,28H,5,13-15H2,1-4H3/t17-,18-,19+,26+,28?/m0/s1. The monoisotopic (exact) mass is 419 g/mol. The molecule has 2 fully saturated rings. The number of ether oxygens (including phenoxy) is 1. The minimum absolute atomic E-state index is 0.0635. The Hall–Kier alpha value is -2.13. The molecule has 1 aliphatic carbocycles. The molecular formula is C28H34FNO. The second kappa shape index (κ2) is 8.09. The lowest BCUT2D eigenvalue weighted by atomic mass is 9.77. The van der Waals surface area contributed by atoms with E-state index in [1.807, 2.05) is 12.1 Å². The lowest BCUT2D eigenvalue weighted by Gasteiger charge is -2.44. The Kier molecular flexibility index (Phi) is 5.42. The van der Waals surface area contributed by atoms with Gasteiger partial charge in [-0.3, -0.25) is 0 Å². The van der Waals surface area contributed by atoms with E-state index in [1.165, 1.54) is 24.0 Å². The Bertz CT molecular complexity index is 1060. The molecule has 1 aromatic heterocycles. The molecule has 2 aliphatic rings. The molecule has 2 aromatic carbocycles. The summed E-state index contributed by atoms with van der Waals surface area (Å²) < 4.78 is 23.9. The maximum atomic E-state index is 15.0.